The Kier molecular flexibility index (Phi) is 4.37. The van der Waals surface area contributed by atoms with Crippen LogP contribution in [-0.2, 0) is 0 Å². The predicted octanol–water partition coefficient (Wildman–Crippen LogP) is 3.91. The highest BCUT2D eigenvalue weighted by Crippen LogP contribution is 2.28. The van der Waals surface area contributed by atoms with E-state index >= 15 is 0 Å². The first-order chi connectivity index (χ1) is 11.5. The number of carboxylic acids is 1. The van der Waals surface area contributed by atoms with Crippen molar-refractivity contribution in [2.45, 2.75) is 0 Å². The van der Waals surface area contributed by atoms with Crippen LogP contribution in [0.4, 0.5) is 5.13 Å². The Labute approximate surface area is 145 Å². The number of rotatable bonds is 4. The van der Waals surface area contributed by atoms with Gasteiger partial charge in [-0.05, 0) is 36.4 Å². The van der Waals surface area contributed by atoms with Gasteiger partial charge in [-0.3, -0.25) is 10.1 Å². The molecule has 0 radical (unpaired) electrons. The molecule has 1 heterocycles. The van der Waals surface area contributed by atoms with Gasteiger partial charge in [0, 0.05) is 5.56 Å². The first kappa shape index (κ1) is 16.2. The summed E-state index contributed by atoms with van der Waals surface area (Å²) in [4.78, 5) is 27.6. The van der Waals surface area contributed by atoms with Gasteiger partial charge >= 0.3 is 5.97 Å². The fourth-order valence-corrected chi connectivity index (χ4v) is 3.18. The maximum atomic E-state index is 12.3. The van der Waals surface area contributed by atoms with E-state index in [-0.39, 0.29) is 11.5 Å². The lowest BCUT2D eigenvalue weighted by atomic mass is 10.2. The number of benzene rings is 2. The molecule has 1 aromatic heterocycles. The molecule has 0 bridgehead atoms. The SMILES string of the molecule is COc1cc(C(=O)Nc2nc3ccc(C(=O)O)cc3s2)ccc1Cl. The maximum absolute atomic E-state index is 12.3. The Hall–Kier alpha value is -2.64. The molecule has 3 rings (SSSR count). The molecule has 0 fully saturated rings. The second kappa shape index (κ2) is 6.46. The fraction of sp³-hybridized carbons (Fsp3) is 0.0625. The molecule has 0 saturated carbocycles. The summed E-state index contributed by atoms with van der Waals surface area (Å²) in [5.74, 6) is -0.966. The number of halogens is 1. The largest absolute Gasteiger partial charge is 0.495 e. The number of amides is 1. The number of carbonyl (C=O) groups is 2. The zero-order valence-corrected chi connectivity index (χ0v) is 13.9. The van der Waals surface area contributed by atoms with Crippen LogP contribution in [0.5, 0.6) is 5.75 Å². The van der Waals surface area contributed by atoms with Gasteiger partial charge in [-0.2, -0.15) is 0 Å². The summed E-state index contributed by atoms with van der Waals surface area (Å²) in [5.41, 5.74) is 1.17. The zero-order valence-electron chi connectivity index (χ0n) is 12.4. The van der Waals surface area contributed by atoms with E-state index in [1.165, 1.54) is 36.6 Å². The van der Waals surface area contributed by atoms with E-state index < -0.39 is 5.97 Å². The highest BCUT2D eigenvalue weighted by Gasteiger charge is 2.13. The summed E-state index contributed by atoms with van der Waals surface area (Å²) in [5, 5.41) is 12.5. The summed E-state index contributed by atoms with van der Waals surface area (Å²) in [6, 6.07) is 9.29. The van der Waals surface area contributed by atoms with E-state index in [9.17, 15) is 9.59 Å². The van der Waals surface area contributed by atoms with Gasteiger partial charge in [-0.1, -0.05) is 22.9 Å². The number of ether oxygens (including phenoxy) is 1. The van der Waals surface area contributed by atoms with E-state index in [4.69, 9.17) is 21.4 Å². The molecule has 0 aliphatic rings. The van der Waals surface area contributed by atoms with Gasteiger partial charge in [0.15, 0.2) is 5.13 Å². The number of anilines is 1. The average Bonchev–Trinajstić information content (AvgIpc) is 2.96. The number of nitrogens with zero attached hydrogens (tertiary/aromatic N) is 1. The van der Waals surface area contributed by atoms with Crippen molar-refractivity contribution < 1.29 is 19.4 Å². The molecular formula is C16H11ClN2O4S. The van der Waals surface area contributed by atoms with E-state index in [2.05, 4.69) is 10.3 Å². The van der Waals surface area contributed by atoms with Crippen LogP contribution in [0.1, 0.15) is 20.7 Å². The minimum Gasteiger partial charge on any atom is -0.495 e. The number of hydrogen-bond donors (Lipinski definition) is 2. The van der Waals surface area contributed by atoms with Crippen molar-refractivity contribution in [3.05, 3.63) is 52.5 Å². The van der Waals surface area contributed by atoms with E-state index in [0.29, 0.717) is 31.7 Å². The Morgan fingerprint density at radius 1 is 1.21 bits per heavy atom. The van der Waals surface area contributed by atoms with Crippen LogP contribution >= 0.6 is 22.9 Å². The normalized spacial score (nSPS) is 10.6. The van der Waals surface area contributed by atoms with Gasteiger partial charge in [-0.15, -0.1) is 0 Å². The third-order valence-electron chi connectivity index (χ3n) is 3.27. The van der Waals surface area contributed by atoms with E-state index in [1.807, 2.05) is 0 Å². The third-order valence-corrected chi connectivity index (χ3v) is 4.52. The molecule has 0 aliphatic heterocycles. The number of methoxy groups -OCH3 is 1. The van der Waals surface area contributed by atoms with Gasteiger partial charge < -0.3 is 9.84 Å². The summed E-state index contributed by atoms with van der Waals surface area (Å²) >= 11 is 7.14. The van der Waals surface area contributed by atoms with Crippen LogP contribution in [0.3, 0.4) is 0 Å². The number of carboxylic acid groups (broad SMARTS) is 1. The molecule has 1 amide bonds. The lowest BCUT2D eigenvalue weighted by molar-refractivity contribution is 0.0697. The van der Waals surface area contributed by atoms with Crippen molar-refractivity contribution in [3.63, 3.8) is 0 Å². The van der Waals surface area contributed by atoms with Gasteiger partial charge in [0.05, 0.1) is 27.9 Å². The molecule has 6 nitrogen and oxygen atoms in total. The molecule has 2 aromatic carbocycles. The lowest BCUT2D eigenvalue weighted by Crippen LogP contribution is -2.11. The number of fused-ring (bicyclic) bond motifs is 1. The molecule has 122 valence electrons. The number of carbonyl (C=O) groups excluding carboxylic acids is 1. The average molecular weight is 363 g/mol. The van der Waals surface area contributed by atoms with Crippen molar-refractivity contribution in [2.24, 2.45) is 0 Å². The quantitative estimate of drug-likeness (QED) is 0.734. The zero-order chi connectivity index (χ0) is 17.3. The van der Waals surface area contributed by atoms with Crippen LogP contribution in [0, 0.1) is 0 Å². The van der Waals surface area contributed by atoms with Crippen LogP contribution in [-0.4, -0.2) is 29.1 Å². The van der Waals surface area contributed by atoms with Crippen LogP contribution < -0.4 is 10.1 Å². The van der Waals surface area contributed by atoms with E-state index in [1.54, 1.807) is 18.2 Å². The van der Waals surface area contributed by atoms with Gasteiger partial charge in [0.1, 0.15) is 5.75 Å². The Morgan fingerprint density at radius 2 is 1.96 bits per heavy atom. The third kappa shape index (κ3) is 3.17. The van der Waals surface area contributed by atoms with Crippen LogP contribution in [0.25, 0.3) is 10.2 Å². The topological polar surface area (TPSA) is 88.5 Å². The molecule has 0 saturated heterocycles. The number of hydrogen-bond acceptors (Lipinski definition) is 5. The van der Waals surface area contributed by atoms with Gasteiger partial charge in [0.2, 0.25) is 0 Å². The fourth-order valence-electron chi connectivity index (χ4n) is 2.08. The molecule has 8 heteroatoms. The smallest absolute Gasteiger partial charge is 0.335 e. The second-order valence-electron chi connectivity index (χ2n) is 4.81. The van der Waals surface area contributed by atoms with Crippen molar-refractivity contribution in [1.82, 2.24) is 4.98 Å². The number of aromatic carboxylic acids is 1. The molecule has 24 heavy (non-hydrogen) atoms. The van der Waals surface area contributed by atoms with Crippen LogP contribution in [0.15, 0.2) is 36.4 Å². The van der Waals surface area contributed by atoms with Crippen molar-refractivity contribution in [1.29, 1.82) is 0 Å². The lowest BCUT2D eigenvalue weighted by Gasteiger charge is -2.06. The predicted molar refractivity (Wildman–Crippen MR) is 92.5 cm³/mol. The molecule has 0 spiro atoms. The van der Waals surface area contributed by atoms with Crippen molar-refractivity contribution in [2.75, 3.05) is 12.4 Å². The highest BCUT2D eigenvalue weighted by atomic mass is 35.5. The first-order valence-electron chi connectivity index (χ1n) is 6.76. The van der Waals surface area contributed by atoms with Crippen molar-refractivity contribution >= 4 is 50.2 Å². The monoisotopic (exact) mass is 362 g/mol. The Bertz CT molecular complexity index is 954. The van der Waals surface area contributed by atoms with Gasteiger partial charge in [0.25, 0.3) is 5.91 Å². The summed E-state index contributed by atoms with van der Waals surface area (Å²) in [6.45, 7) is 0. The molecule has 0 aliphatic carbocycles. The van der Waals surface area contributed by atoms with Gasteiger partial charge in [-0.25, -0.2) is 9.78 Å². The number of nitrogens with one attached hydrogen (secondary N) is 1. The minimum absolute atomic E-state index is 0.173. The maximum Gasteiger partial charge on any atom is 0.335 e. The van der Waals surface area contributed by atoms with E-state index in [0.717, 1.165) is 0 Å². The minimum atomic E-state index is -1.01. The number of thiazole rings is 1. The number of aromatic nitrogens is 1. The molecular weight excluding hydrogens is 352 g/mol. The molecule has 3 aromatic rings. The second-order valence-corrected chi connectivity index (χ2v) is 6.25. The summed E-state index contributed by atoms with van der Waals surface area (Å²) < 4.78 is 5.77. The molecule has 2 N–H and O–H groups in total. The Morgan fingerprint density at radius 3 is 2.67 bits per heavy atom. The molecule has 0 unspecified atom stereocenters. The standard InChI is InChI=1S/C16H11ClN2O4S/c1-23-12-6-8(2-4-10(12)17)14(20)19-16-18-11-5-3-9(15(21)22)7-13(11)24-16/h2-7H,1H3,(H,21,22)(H,18,19,20). The summed E-state index contributed by atoms with van der Waals surface area (Å²) in [6.07, 6.45) is 0. The van der Waals surface area contributed by atoms with Crippen LogP contribution in [0.2, 0.25) is 5.02 Å². The summed E-state index contributed by atoms with van der Waals surface area (Å²) in [7, 11) is 1.47. The Balaban J connectivity index is 1.86. The molecule has 0 atom stereocenters. The highest BCUT2D eigenvalue weighted by molar-refractivity contribution is 7.22. The van der Waals surface area contributed by atoms with Crippen molar-refractivity contribution in [3.8, 4) is 5.75 Å². The first-order valence-corrected chi connectivity index (χ1v) is 7.96.